The van der Waals surface area contributed by atoms with Gasteiger partial charge in [-0.05, 0) is 12.1 Å². The molecule has 0 unspecified atom stereocenters. The molecule has 5 nitrogen and oxygen atoms in total. The van der Waals surface area contributed by atoms with Crippen LogP contribution in [0.5, 0.6) is 0 Å². The fraction of sp³-hybridized carbons (Fsp3) is 0.125. The van der Waals surface area contributed by atoms with Crippen molar-refractivity contribution < 1.29 is 14.5 Å². The van der Waals surface area contributed by atoms with Gasteiger partial charge >= 0.3 is 5.97 Å². The van der Waals surface area contributed by atoms with Crippen LogP contribution in [0.25, 0.3) is 0 Å². The second-order valence-electron chi connectivity index (χ2n) is 2.45. The number of nitrogens with zero attached hydrogens (tertiary/aromatic N) is 1. The molecule has 0 fully saturated rings. The number of carbonyl (C=O) groups is 1. The van der Waals surface area contributed by atoms with Gasteiger partial charge in [0.1, 0.15) is 5.56 Å². The molecule has 1 aromatic rings. The predicted octanol–water partition coefficient (Wildman–Crippen LogP) is 1.67. The van der Waals surface area contributed by atoms with Gasteiger partial charge in [-0.2, -0.15) is 0 Å². The number of ether oxygens (including phenoxy) is 1. The zero-order valence-electron chi connectivity index (χ0n) is 7.26. The fourth-order valence-electron chi connectivity index (χ4n) is 0.954. The van der Waals surface area contributed by atoms with E-state index in [-0.39, 0.29) is 11.3 Å². The van der Waals surface area contributed by atoms with Crippen molar-refractivity contribution in [2.24, 2.45) is 0 Å². The Morgan fingerprint density at radius 1 is 1.57 bits per heavy atom. The molecule has 0 aliphatic rings. The van der Waals surface area contributed by atoms with Crippen LogP contribution in [-0.4, -0.2) is 18.0 Å². The molecule has 0 saturated carbocycles. The van der Waals surface area contributed by atoms with E-state index in [1.54, 1.807) is 0 Å². The average Bonchev–Trinajstić information content (AvgIpc) is 2.16. The van der Waals surface area contributed by atoms with Crippen LogP contribution in [0.2, 0.25) is 0 Å². The van der Waals surface area contributed by atoms with Crippen LogP contribution in [-0.2, 0) is 4.74 Å². The van der Waals surface area contributed by atoms with Crippen LogP contribution in [0, 0.1) is 10.1 Å². The van der Waals surface area contributed by atoms with Gasteiger partial charge in [-0.15, -0.1) is 12.6 Å². The Kier molecular flexibility index (Phi) is 3.08. The van der Waals surface area contributed by atoms with Crippen LogP contribution < -0.4 is 0 Å². The molecule has 1 rings (SSSR count). The Hall–Kier alpha value is -1.56. The summed E-state index contributed by atoms with van der Waals surface area (Å²) in [4.78, 5) is 21.4. The van der Waals surface area contributed by atoms with Gasteiger partial charge in [-0.25, -0.2) is 4.79 Å². The average molecular weight is 213 g/mol. The van der Waals surface area contributed by atoms with E-state index in [0.717, 1.165) is 0 Å². The molecule has 14 heavy (non-hydrogen) atoms. The highest BCUT2D eigenvalue weighted by atomic mass is 32.1. The van der Waals surface area contributed by atoms with E-state index in [1.165, 1.54) is 25.3 Å². The number of nitro groups is 1. The lowest BCUT2D eigenvalue weighted by atomic mass is 10.2. The second kappa shape index (κ2) is 4.10. The third kappa shape index (κ3) is 2.02. The minimum atomic E-state index is -0.731. The van der Waals surface area contributed by atoms with Crippen molar-refractivity contribution in [3.05, 3.63) is 33.9 Å². The van der Waals surface area contributed by atoms with Crippen molar-refractivity contribution in [1.29, 1.82) is 0 Å². The highest BCUT2D eigenvalue weighted by Crippen LogP contribution is 2.22. The molecule has 6 heteroatoms. The minimum absolute atomic E-state index is 0.0738. The molecule has 0 aliphatic heterocycles. The molecule has 0 heterocycles. The van der Waals surface area contributed by atoms with Crippen molar-refractivity contribution in [2.45, 2.75) is 4.90 Å². The summed E-state index contributed by atoms with van der Waals surface area (Å²) in [5.41, 5.74) is -0.375. The van der Waals surface area contributed by atoms with Gasteiger partial charge in [0.15, 0.2) is 0 Å². The monoisotopic (exact) mass is 213 g/mol. The summed E-state index contributed by atoms with van der Waals surface area (Å²) in [5.74, 6) is -0.731. The molecule has 0 bridgehead atoms. The van der Waals surface area contributed by atoms with Crippen molar-refractivity contribution >= 4 is 24.3 Å². The lowest BCUT2D eigenvalue weighted by Crippen LogP contribution is -2.05. The maximum absolute atomic E-state index is 11.1. The van der Waals surface area contributed by atoms with Gasteiger partial charge in [-0.3, -0.25) is 10.1 Å². The smallest absolute Gasteiger partial charge is 0.344 e. The zero-order chi connectivity index (χ0) is 10.7. The molecule has 0 aliphatic carbocycles. The number of hydrogen-bond acceptors (Lipinski definition) is 5. The summed E-state index contributed by atoms with van der Waals surface area (Å²) in [6.07, 6.45) is 0. The van der Waals surface area contributed by atoms with Gasteiger partial charge in [0, 0.05) is 11.0 Å². The number of nitro benzene ring substituents is 1. The third-order valence-electron chi connectivity index (χ3n) is 1.58. The van der Waals surface area contributed by atoms with Crippen LogP contribution in [0.1, 0.15) is 10.4 Å². The number of thiol groups is 1. The Bertz CT molecular complexity index is 391. The third-order valence-corrected chi connectivity index (χ3v) is 1.86. The lowest BCUT2D eigenvalue weighted by molar-refractivity contribution is -0.385. The van der Waals surface area contributed by atoms with Crippen molar-refractivity contribution in [1.82, 2.24) is 0 Å². The highest BCUT2D eigenvalue weighted by molar-refractivity contribution is 7.80. The molecule has 0 spiro atoms. The summed E-state index contributed by atoms with van der Waals surface area (Å²) in [5, 5.41) is 10.6. The molecular formula is C8H7NO4S. The van der Waals surface area contributed by atoms with Gasteiger partial charge in [0.2, 0.25) is 0 Å². The van der Waals surface area contributed by atoms with E-state index < -0.39 is 10.9 Å². The zero-order valence-corrected chi connectivity index (χ0v) is 8.15. The number of hydrogen-bond donors (Lipinski definition) is 1. The Labute approximate surface area is 85.2 Å². The first kappa shape index (κ1) is 10.5. The van der Waals surface area contributed by atoms with E-state index in [2.05, 4.69) is 17.4 Å². The molecule has 74 valence electrons. The van der Waals surface area contributed by atoms with Crippen LogP contribution >= 0.6 is 12.6 Å². The second-order valence-corrected chi connectivity index (χ2v) is 2.97. The highest BCUT2D eigenvalue weighted by Gasteiger charge is 2.20. The van der Waals surface area contributed by atoms with Gasteiger partial charge < -0.3 is 4.74 Å². The maximum atomic E-state index is 11.1. The van der Waals surface area contributed by atoms with E-state index in [1.807, 2.05) is 0 Å². The fourth-order valence-corrected chi connectivity index (χ4v) is 1.15. The van der Waals surface area contributed by atoms with Crippen LogP contribution in [0.15, 0.2) is 23.1 Å². The predicted molar refractivity (Wildman–Crippen MR) is 51.7 cm³/mol. The molecule has 0 saturated heterocycles. The molecule has 0 N–H and O–H groups in total. The number of carbonyl (C=O) groups excluding carboxylic acids is 1. The summed E-state index contributed by atoms with van der Waals surface area (Å²) in [7, 11) is 1.17. The van der Waals surface area contributed by atoms with E-state index in [0.29, 0.717) is 4.90 Å². The van der Waals surface area contributed by atoms with Crippen LogP contribution in [0.3, 0.4) is 0 Å². The number of rotatable bonds is 2. The van der Waals surface area contributed by atoms with Gasteiger partial charge in [0.05, 0.1) is 12.0 Å². The Balaban J connectivity index is 3.28. The molecule has 1 aromatic carbocycles. The first-order valence-electron chi connectivity index (χ1n) is 3.62. The summed E-state index contributed by atoms with van der Waals surface area (Å²) >= 11 is 3.94. The van der Waals surface area contributed by atoms with E-state index in [9.17, 15) is 14.9 Å². The Morgan fingerprint density at radius 3 is 2.71 bits per heavy atom. The first-order valence-corrected chi connectivity index (χ1v) is 4.06. The quantitative estimate of drug-likeness (QED) is 0.351. The molecule has 0 aromatic heterocycles. The molecular weight excluding hydrogens is 206 g/mol. The number of benzene rings is 1. The standard InChI is InChI=1S/C8H7NO4S/c1-13-8(10)6-3-2-5(14)4-7(6)9(11)12/h2-4,14H,1H3. The van der Waals surface area contributed by atoms with Crippen molar-refractivity contribution in [3.8, 4) is 0 Å². The van der Waals surface area contributed by atoms with E-state index >= 15 is 0 Å². The number of esters is 1. The largest absolute Gasteiger partial charge is 0.465 e. The van der Waals surface area contributed by atoms with Crippen LogP contribution in [0.4, 0.5) is 5.69 Å². The Morgan fingerprint density at radius 2 is 2.21 bits per heavy atom. The maximum Gasteiger partial charge on any atom is 0.344 e. The lowest BCUT2D eigenvalue weighted by Gasteiger charge is -2.00. The molecule has 0 amide bonds. The topological polar surface area (TPSA) is 69.4 Å². The SMILES string of the molecule is COC(=O)c1ccc(S)cc1[N+](=O)[O-]. The normalized spacial score (nSPS) is 9.57. The first-order chi connectivity index (χ1) is 6.56. The van der Waals surface area contributed by atoms with Crippen molar-refractivity contribution in [3.63, 3.8) is 0 Å². The number of methoxy groups -OCH3 is 1. The summed E-state index contributed by atoms with van der Waals surface area (Å²) in [6.45, 7) is 0. The molecule has 0 radical (unpaired) electrons. The molecule has 0 atom stereocenters. The van der Waals surface area contributed by atoms with Gasteiger partial charge in [-0.1, -0.05) is 0 Å². The summed E-state index contributed by atoms with van der Waals surface area (Å²) < 4.78 is 4.40. The van der Waals surface area contributed by atoms with E-state index in [4.69, 9.17) is 0 Å². The minimum Gasteiger partial charge on any atom is -0.465 e. The van der Waals surface area contributed by atoms with Crippen molar-refractivity contribution in [2.75, 3.05) is 7.11 Å². The summed E-state index contributed by atoms with van der Waals surface area (Å²) in [6, 6.07) is 4.00. The van der Waals surface area contributed by atoms with Gasteiger partial charge in [0.25, 0.3) is 5.69 Å².